The zero-order valence-corrected chi connectivity index (χ0v) is 21.1. The Morgan fingerprint density at radius 3 is 1.95 bits per heavy atom. The lowest BCUT2D eigenvalue weighted by atomic mass is 9.83. The van der Waals surface area contributed by atoms with Crippen LogP contribution in [0.2, 0.25) is 0 Å². The lowest BCUT2D eigenvalue weighted by molar-refractivity contribution is -0.248. The van der Waals surface area contributed by atoms with Crippen LogP contribution in [0, 0.1) is 19.7 Å². The Hall–Kier alpha value is -4.30. The van der Waals surface area contributed by atoms with E-state index >= 15 is 0 Å². The normalized spacial score (nSPS) is 13.0. The third kappa shape index (κ3) is 5.76. The number of benzene rings is 4. The van der Waals surface area contributed by atoms with Crippen molar-refractivity contribution >= 4 is 17.4 Å². The average Bonchev–Trinajstić information content (AvgIpc) is 2.90. The topological polar surface area (TPSA) is 66.4 Å². The molecular formula is C31H25F4NO3. The summed E-state index contributed by atoms with van der Waals surface area (Å²) in [6.45, 7) is 3.03. The maximum Gasteiger partial charge on any atom is 0.425 e. The van der Waals surface area contributed by atoms with Gasteiger partial charge in [0.25, 0.3) is 5.91 Å². The Labute approximate surface area is 222 Å². The highest BCUT2D eigenvalue weighted by Gasteiger charge is 2.56. The zero-order chi connectivity index (χ0) is 28.4. The van der Waals surface area contributed by atoms with Crippen molar-refractivity contribution in [3.05, 3.63) is 136 Å². The summed E-state index contributed by atoms with van der Waals surface area (Å²) in [5, 5.41) is 13.6. The molecule has 1 atom stereocenters. The van der Waals surface area contributed by atoms with Gasteiger partial charge in [0.05, 0.1) is 0 Å². The van der Waals surface area contributed by atoms with Gasteiger partial charge in [0.15, 0.2) is 5.78 Å². The fourth-order valence-electron chi connectivity index (χ4n) is 4.47. The number of nitrogens with one attached hydrogen (secondary N) is 1. The number of carbonyl (C=O) groups is 2. The number of rotatable bonds is 7. The van der Waals surface area contributed by atoms with Crippen molar-refractivity contribution in [3.8, 4) is 0 Å². The molecule has 0 radical (unpaired) electrons. The molecule has 1 amide bonds. The number of Topliss-reactive ketones (excluding diaryl/α,β-unsaturated/α-hetero) is 1. The molecular weight excluding hydrogens is 510 g/mol. The van der Waals surface area contributed by atoms with Gasteiger partial charge in [0.2, 0.25) is 5.60 Å². The van der Waals surface area contributed by atoms with E-state index in [4.69, 9.17) is 0 Å². The van der Waals surface area contributed by atoms with Gasteiger partial charge < -0.3 is 10.4 Å². The van der Waals surface area contributed by atoms with Crippen LogP contribution in [0.25, 0.3) is 0 Å². The molecule has 4 nitrogen and oxygen atoms in total. The molecule has 200 valence electrons. The molecule has 0 saturated heterocycles. The fourth-order valence-corrected chi connectivity index (χ4v) is 4.47. The Morgan fingerprint density at radius 2 is 1.36 bits per heavy atom. The van der Waals surface area contributed by atoms with E-state index in [0.717, 1.165) is 36.4 Å². The van der Waals surface area contributed by atoms with Gasteiger partial charge in [-0.2, -0.15) is 13.2 Å². The number of ketones is 1. The number of aryl methyl sites for hydroxylation is 2. The van der Waals surface area contributed by atoms with Gasteiger partial charge in [0, 0.05) is 23.2 Å². The van der Waals surface area contributed by atoms with E-state index in [1.165, 1.54) is 13.8 Å². The first kappa shape index (κ1) is 27.7. The molecule has 39 heavy (non-hydrogen) atoms. The number of anilines is 1. The smallest absolute Gasteiger partial charge is 0.372 e. The molecule has 0 aliphatic carbocycles. The second-order valence-corrected chi connectivity index (χ2v) is 9.32. The van der Waals surface area contributed by atoms with Crippen LogP contribution in [-0.4, -0.2) is 23.0 Å². The van der Waals surface area contributed by atoms with Gasteiger partial charge in [-0.25, -0.2) is 4.39 Å². The summed E-state index contributed by atoms with van der Waals surface area (Å²) in [6.07, 6.45) is -5.01. The Bertz CT molecular complexity index is 1490. The van der Waals surface area contributed by atoms with Crippen LogP contribution in [0.4, 0.5) is 23.2 Å². The summed E-state index contributed by atoms with van der Waals surface area (Å²) < 4.78 is 55.9. The molecule has 0 heterocycles. The van der Waals surface area contributed by atoms with Crippen LogP contribution in [0.1, 0.15) is 48.5 Å². The SMILES string of the molecule is Cc1cc(C(O)(c2ccc(F)cc2)C(F)(F)F)cc(C)c1NC(=O)c1cccc(CC(=O)c2ccccc2)c1. The first-order valence-electron chi connectivity index (χ1n) is 12.1. The molecule has 2 N–H and O–H groups in total. The fraction of sp³-hybridized carbons (Fsp3) is 0.161. The van der Waals surface area contributed by atoms with E-state index in [1.807, 2.05) is 6.07 Å². The first-order chi connectivity index (χ1) is 18.4. The van der Waals surface area contributed by atoms with Crippen molar-refractivity contribution in [2.75, 3.05) is 5.32 Å². The van der Waals surface area contributed by atoms with Crippen LogP contribution in [-0.2, 0) is 12.0 Å². The van der Waals surface area contributed by atoms with Crippen LogP contribution < -0.4 is 5.32 Å². The van der Waals surface area contributed by atoms with Gasteiger partial charge in [-0.05, 0) is 65.9 Å². The maximum absolute atomic E-state index is 14.2. The minimum atomic E-state index is -5.11. The van der Waals surface area contributed by atoms with Crippen molar-refractivity contribution in [1.82, 2.24) is 0 Å². The second kappa shape index (κ2) is 10.8. The van der Waals surface area contributed by atoms with E-state index in [9.17, 15) is 32.3 Å². The highest BCUT2D eigenvalue weighted by Crippen LogP contribution is 2.45. The van der Waals surface area contributed by atoms with Crippen LogP contribution in [0.5, 0.6) is 0 Å². The molecule has 0 saturated carbocycles. The van der Waals surface area contributed by atoms with Crippen molar-refractivity contribution in [2.45, 2.75) is 32.0 Å². The maximum atomic E-state index is 14.2. The molecule has 4 aromatic rings. The quantitative estimate of drug-likeness (QED) is 0.200. The number of amides is 1. The Kier molecular flexibility index (Phi) is 7.70. The first-order valence-corrected chi connectivity index (χ1v) is 12.1. The number of hydrogen-bond acceptors (Lipinski definition) is 3. The summed E-state index contributed by atoms with van der Waals surface area (Å²) in [5.74, 6) is -1.34. The number of halogens is 4. The third-order valence-corrected chi connectivity index (χ3v) is 6.51. The highest BCUT2D eigenvalue weighted by molar-refractivity contribution is 6.05. The summed E-state index contributed by atoms with van der Waals surface area (Å²) in [5.41, 5.74) is -2.05. The van der Waals surface area contributed by atoms with Crippen LogP contribution >= 0.6 is 0 Å². The molecule has 0 aliphatic heterocycles. The number of hydrogen-bond donors (Lipinski definition) is 2. The summed E-state index contributed by atoms with van der Waals surface area (Å²) in [6, 6.07) is 21.1. The van der Waals surface area contributed by atoms with Crippen molar-refractivity contribution in [1.29, 1.82) is 0 Å². The largest absolute Gasteiger partial charge is 0.425 e. The molecule has 0 aromatic heterocycles. The standard InChI is InChI=1S/C31H25F4NO3/c1-19-15-25(30(39,31(33,34)35)24-11-13-26(32)14-12-24)16-20(2)28(19)36-29(38)23-10-6-7-21(17-23)18-27(37)22-8-4-3-5-9-22/h3-17,39H,18H2,1-2H3,(H,36,38). The number of aliphatic hydroxyl groups is 1. The Balaban J connectivity index is 1.60. The molecule has 8 heteroatoms. The van der Waals surface area contributed by atoms with E-state index in [2.05, 4.69) is 5.32 Å². The van der Waals surface area contributed by atoms with E-state index < -0.39 is 34.6 Å². The highest BCUT2D eigenvalue weighted by atomic mass is 19.4. The molecule has 0 fully saturated rings. The van der Waals surface area contributed by atoms with Crippen molar-refractivity contribution in [2.24, 2.45) is 0 Å². The minimum Gasteiger partial charge on any atom is -0.372 e. The molecule has 1 unspecified atom stereocenters. The van der Waals surface area contributed by atoms with Gasteiger partial charge >= 0.3 is 6.18 Å². The van der Waals surface area contributed by atoms with Gasteiger partial charge in [-0.15, -0.1) is 0 Å². The number of carbonyl (C=O) groups excluding carboxylic acids is 2. The summed E-state index contributed by atoms with van der Waals surface area (Å²) >= 11 is 0. The van der Waals surface area contributed by atoms with Crippen molar-refractivity contribution in [3.63, 3.8) is 0 Å². The van der Waals surface area contributed by atoms with Gasteiger partial charge in [-0.1, -0.05) is 66.7 Å². The lowest BCUT2D eigenvalue weighted by Crippen LogP contribution is -2.43. The van der Waals surface area contributed by atoms with Gasteiger partial charge in [0.1, 0.15) is 5.82 Å². The van der Waals surface area contributed by atoms with E-state index in [-0.39, 0.29) is 23.5 Å². The van der Waals surface area contributed by atoms with Crippen molar-refractivity contribution < 1.29 is 32.3 Å². The summed E-state index contributed by atoms with van der Waals surface area (Å²) in [7, 11) is 0. The van der Waals surface area contributed by atoms with Crippen LogP contribution in [0.15, 0.2) is 91.0 Å². The van der Waals surface area contributed by atoms with E-state index in [0.29, 0.717) is 22.3 Å². The number of alkyl halides is 3. The van der Waals surface area contributed by atoms with Gasteiger partial charge in [-0.3, -0.25) is 9.59 Å². The second-order valence-electron chi connectivity index (χ2n) is 9.32. The average molecular weight is 536 g/mol. The van der Waals surface area contributed by atoms with E-state index in [1.54, 1.807) is 48.5 Å². The summed E-state index contributed by atoms with van der Waals surface area (Å²) in [4.78, 5) is 25.6. The molecule has 4 rings (SSSR count). The van der Waals surface area contributed by atoms with Crippen LogP contribution in [0.3, 0.4) is 0 Å². The third-order valence-electron chi connectivity index (χ3n) is 6.51. The Morgan fingerprint density at radius 1 is 0.769 bits per heavy atom. The lowest BCUT2D eigenvalue weighted by Gasteiger charge is -2.32. The predicted octanol–water partition coefficient (Wildman–Crippen LogP) is 6.92. The molecule has 0 bridgehead atoms. The minimum absolute atomic E-state index is 0.0945. The monoisotopic (exact) mass is 535 g/mol. The molecule has 4 aromatic carbocycles. The molecule has 0 spiro atoms. The zero-order valence-electron chi connectivity index (χ0n) is 21.1. The molecule has 0 aliphatic rings. The predicted molar refractivity (Wildman–Crippen MR) is 140 cm³/mol.